The van der Waals surface area contributed by atoms with Crippen molar-refractivity contribution in [2.24, 2.45) is 0 Å². The van der Waals surface area contributed by atoms with Gasteiger partial charge in [-0.3, -0.25) is 0 Å². The molecule has 0 atom stereocenters. The van der Waals surface area contributed by atoms with Crippen molar-refractivity contribution in [1.29, 1.82) is 0 Å². The topological polar surface area (TPSA) is 21.3 Å². The number of nitrogens with one attached hydrogen (secondary N) is 1. The molecule has 120 valence electrons. The van der Waals surface area contributed by atoms with E-state index in [0.717, 1.165) is 0 Å². The first-order valence-electron chi connectivity index (χ1n) is 6.12. The van der Waals surface area contributed by atoms with Crippen molar-refractivity contribution in [3.05, 3.63) is 35.4 Å². The molecule has 0 aliphatic carbocycles. The summed E-state index contributed by atoms with van der Waals surface area (Å²) in [6.07, 6.45) is -14.3. The Kier molecular flexibility index (Phi) is 6.03. The molecule has 0 aromatic heterocycles. The summed E-state index contributed by atoms with van der Waals surface area (Å²) < 4.78 is 78.3. The van der Waals surface area contributed by atoms with Crippen LogP contribution in [0.1, 0.15) is 11.1 Å². The molecular weight excluding hydrogens is 300 g/mol. The minimum absolute atomic E-state index is 0.311. The van der Waals surface area contributed by atoms with Gasteiger partial charge in [0.05, 0.1) is 6.61 Å². The maximum atomic E-state index is 12.4. The van der Waals surface area contributed by atoms with E-state index in [0.29, 0.717) is 24.1 Å². The Morgan fingerprint density at radius 2 is 1.52 bits per heavy atom. The maximum Gasteiger partial charge on any atom is 0.423 e. The molecule has 1 aromatic rings. The molecule has 0 saturated heterocycles. The van der Waals surface area contributed by atoms with Crippen LogP contribution < -0.4 is 5.32 Å². The SMILES string of the molecule is CNCCc1ccccc1COC(C(F)(F)F)C(F)(F)F. The Morgan fingerprint density at radius 1 is 1.00 bits per heavy atom. The molecule has 21 heavy (non-hydrogen) atoms. The number of halogens is 6. The van der Waals surface area contributed by atoms with Gasteiger partial charge in [-0.05, 0) is 31.1 Å². The lowest BCUT2D eigenvalue weighted by atomic mass is 10.1. The molecule has 0 aliphatic heterocycles. The van der Waals surface area contributed by atoms with Crippen LogP contribution >= 0.6 is 0 Å². The van der Waals surface area contributed by atoms with Crippen LogP contribution in [0.25, 0.3) is 0 Å². The Bertz CT molecular complexity index is 429. The van der Waals surface area contributed by atoms with E-state index in [4.69, 9.17) is 0 Å². The van der Waals surface area contributed by atoms with E-state index in [1.807, 2.05) is 0 Å². The Hall–Kier alpha value is -1.28. The zero-order chi connectivity index (χ0) is 16.1. The molecule has 0 saturated carbocycles. The lowest BCUT2D eigenvalue weighted by Crippen LogP contribution is -2.44. The van der Waals surface area contributed by atoms with Crippen molar-refractivity contribution in [2.75, 3.05) is 13.6 Å². The molecule has 0 aliphatic rings. The lowest BCUT2D eigenvalue weighted by molar-refractivity contribution is -0.324. The van der Waals surface area contributed by atoms with Gasteiger partial charge in [0.2, 0.25) is 6.10 Å². The number of ether oxygens (including phenoxy) is 1. The molecule has 1 aromatic carbocycles. The summed E-state index contributed by atoms with van der Waals surface area (Å²) in [5.41, 5.74) is 0.959. The van der Waals surface area contributed by atoms with Crippen molar-refractivity contribution < 1.29 is 31.1 Å². The quantitative estimate of drug-likeness (QED) is 0.812. The van der Waals surface area contributed by atoms with Gasteiger partial charge in [-0.15, -0.1) is 0 Å². The summed E-state index contributed by atoms with van der Waals surface area (Å²) in [6.45, 7) is -0.192. The summed E-state index contributed by atoms with van der Waals surface area (Å²) in [5.74, 6) is 0. The number of benzene rings is 1. The van der Waals surface area contributed by atoms with Gasteiger partial charge in [-0.25, -0.2) is 0 Å². The molecule has 8 heteroatoms. The molecule has 0 unspecified atom stereocenters. The first kappa shape index (κ1) is 17.8. The number of alkyl halides is 6. The first-order valence-corrected chi connectivity index (χ1v) is 6.12. The van der Waals surface area contributed by atoms with Gasteiger partial charge in [0.15, 0.2) is 0 Å². The van der Waals surface area contributed by atoms with Crippen molar-refractivity contribution in [1.82, 2.24) is 5.32 Å². The number of hydrogen-bond donors (Lipinski definition) is 1. The highest BCUT2D eigenvalue weighted by Crippen LogP contribution is 2.36. The highest BCUT2D eigenvalue weighted by Gasteiger charge is 2.57. The van der Waals surface area contributed by atoms with Crippen LogP contribution in [0, 0.1) is 0 Å². The predicted octanol–water partition coefficient (Wildman–Crippen LogP) is 3.46. The van der Waals surface area contributed by atoms with Gasteiger partial charge in [0.1, 0.15) is 0 Å². The third-order valence-corrected chi connectivity index (χ3v) is 2.76. The fourth-order valence-corrected chi connectivity index (χ4v) is 1.75. The summed E-state index contributed by atoms with van der Waals surface area (Å²) in [6, 6.07) is 6.30. The van der Waals surface area contributed by atoms with E-state index in [1.54, 1.807) is 19.2 Å². The van der Waals surface area contributed by atoms with Crippen LogP contribution in [0.15, 0.2) is 24.3 Å². The normalized spacial score (nSPS) is 13.0. The van der Waals surface area contributed by atoms with Crippen LogP contribution in [0.4, 0.5) is 26.3 Å². The zero-order valence-corrected chi connectivity index (χ0v) is 11.2. The van der Waals surface area contributed by atoms with Crippen LogP contribution in [-0.4, -0.2) is 32.0 Å². The summed E-state index contributed by atoms with van der Waals surface area (Å²) >= 11 is 0. The van der Waals surface area contributed by atoms with Crippen molar-refractivity contribution in [3.8, 4) is 0 Å². The monoisotopic (exact) mass is 315 g/mol. The van der Waals surface area contributed by atoms with E-state index in [1.165, 1.54) is 12.1 Å². The predicted molar refractivity (Wildman–Crippen MR) is 64.8 cm³/mol. The molecule has 1 rings (SSSR count). The maximum absolute atomic E-state index is 12.4. The van der Waals surface area contributed by atoms with E-state index < -0.39 is 25.1 Å². The smallest absolute Gasteiger partial charge is 0.356 e. The van der Waals surface area contributed by atoms with Gasteiger partial charge in [0.25, 0.3) is 0 Å². The molecule has 0 bridgehead atoms. The zero-order valence-electron chi connectivity index (χ0n) is 11.2. The molecule has 0 heterocycles. The third kappa shape index (κ3) is 5.55. The van der Waals surface area contributed by atoms with Gasteiger partial charge in [-0.1, -0.05) is 24.3 Å². The van der Waals surface area contributed by atoms with E-state index in [2.05, 4.69) is 10.1 Å². The molecule has 0 fully saturated rings. The van der Waals surface area contributed by atoms with Crippen LogP contribution in [0.5, 0.6) is 0 Å². The molecule has 0 radical (unpaired) electrons. The lowest BCUT2D eigenvalue weighted by Gasteiger charge is -2.23. The molecule has 0 spiro atoms. The van der Waals surface area contributed by atoms with Gasteiger partial charge >= 0.3 is 12.4 Å². The summed E-state index contributed by atoms with van der Waals surface area (Å²) in [4.78, 5) is 0. The second-order valence-electron chi connectivity index (χ2n) is 4.40. The number of rotatable bonds is 6. The highest BCUT2D eigenvalue weighted by atomic mass is 19.4. The van der Waals surface area contributed by atoms with Gasteiger partial charge < -0.3 is 10.1 Å². The fraction of sp³-hybridized carbons (Fsp3) is 0.538. The average molecular weight is 315 g/mol. The van der Waals surface area contributed by atoms with Gasteiger partial charge in [-0.2, -0.15) is 26.3 Å². The van der Waals surface area contributed by atoms with Gasteiger partial charge in [0, 0.05) is 0 Å². The number of likely N-dealkylation sites (N-methyl/N-ethyl adjacent to an activating group) is 1. The third-order valence-electron chi connectivity index (χ3n) is 2.76. The largest absolute Gasteiger partial charge is 0.423 e. The number of hydrogen-bond acceptors (Lipinski definition) is 2. The molecule has 2 nitrogen and oxygen atoms in total. The van der Waals surface area contributed by atoms with Crippen LogP contribution in [0.2, 0.25) is 0 Å². The van der Waals surface area contributed by atoms with Crippen molar-refractivity contribution in [3.63, 3.8) is 0 Å². The Morgan fingerprint density at radius 3 is 2.00 bits per heavy atom. The standard InChI is InChI=1S/C13H15F6NO/c1-20-7-6-9-4-2-3-5-10(9)8-21-11(12(14,15)16)13(17,18)19/h2-5,11,20H,6-8H2,1H3. The van der Waals surface area contributed by atoms with Crippen LogP contribution in [-0.2, 0) is 17.8 Å². The fourth-order valence-electron chi connectivity index (χ4n) is 1.75. The van der Waals surface area contributed by atoms with E-state index in [9.17, 15) is 26.3 Å². The van der Waals surface area contributed by atoms with E-state index >= 15 is 0 Å². The van der Waals surface area contributed by atoms with Crippen molar-refractivity contribution >= 4 is 0 Å². The second kappa shape index (κ2) is 7.13. The molecule has 0 amide bonds. The average Bonchev–Trinajstić information content (AvgIpc) is 2.34. The van der Waals surface area contributed by atoms with Crippen molar-refractivity contribution in [2.45, 2.75) is 31.5 Å². The Balaban J connectivity index is 2.81. The summed E-state index contributed by atoms with van der Waals surface area (Å²) in [5, 5.41) is 2.86. The highest BCUT2D eigenvalue weighted by molar-refractivity contribution is 5.26. The van der Waals surface area contributed by atoms with E-state index in [-0.39, 0.29) is 0 Å². The minimum atomic E-state index is -5.49. The minimum Gasteiger partial charge on any atom is -0.356 e. The summed E-state index contributed by atoms with van der Waals surface area (Å²) in [7, 11) is 1.70. The first-order chi connectivity index (χ1) is 9.66. The van der Waals surface area contributed by atoms with Crippen LogP contribution in [0.3, 0.4) is 0 Å². The molecular formula is C13H15F6NO. The Labute approximate surface area is 118 Å². The molecule has 1 N–H and O–H groups in total. The second-order valence-corrected chi connectivity index (χ2v) is 4.40.